The molecule has 1 heterocycles. The molecule has 0 aliphatic heterocycles. The number of hydrogen-bond acceptors (Lipinski definition) is 3. The highest BCUT2D eigenvalue weighted by molar-refractivity contribution is 5.77. The molecule has 0 aliphatic carbocycles. The molecule has 1 rings (SSSR count). The van der Waals surface area contributed by atoms with E-state index in [9.17, 15) is 0 Å². The van der Waals surface area contributed by atoms with Crippen LogP contribution in [0.25, 0.3) is 0 Å². The Morgan fingerprint density at radius 3 is 3.00 bits per heavy atom. The zero-order valence-corrected chi connectivity index (χ0v) is 7.70. The molecule has 0 aliphatic rings. The molecule has 4 nitrogen and oxygen atoms in total. The molecule has 66 valence electrons. The Bertz CT molecular complexity index is 264. The molecule has 0 unspecified atom stereocenters. The molecule has 0 spiro atoms. The van der Waals surface area contributed by atoms with Crippen LogP contribution in [0.1, 0.15) is 18.3 Å². The minimum absolute atomic E-state index is 0.898. The third-order valence-electron chi connectivity index (χ3n) is 1.70. The number of nitrogens with one attached hydrogen (secondary N) is 1. The first kappa shape index (κ1) is 8.77. The summed E-state index contributed by atoms with van der Waals surface area (Å²) in [6, 6.07) is 0. The van der Waals surface area contributed by atoms with Crippen LogP contribution in [0.3, 0.4) is 0 Å². The molecule has 0 saturated carbocycles. The van der Waals surface area contributed by atoms with Crippen molar-refractivity contribution in [2.45, 2.75) is 13.8 Å². The van der Waals surface area contributed by atoms with Crippen LogP contribution in [0.2, 0.25) is 0 Å². The van der Waals surface area contributed by atoms with Crippen molar-refractivity contribution in [1.29, 1.82) is 0 Å². The number of hydrogen-bond donors (Lipinski definition) is 1. The predicted molar refractivity (Wildman–Crippen MR) is 49.2 cm³/mol. The highest BCUT2D eigenvalue weighted by Gasteiger charge is 1.95. The molecule has 1 aromatic heterocycles. The maximum absolute atomic E-state index is 4.17. The van der Waals surface area contributed by atoms with E-state index in [2.05, 4.69) is 22.0 Å². The minimum Gasteiger partial charge on any atom is -0.348 e. The number of aromatic amines is 1. The van der Waals surface area contributed by atoms with E-state index >= 15 is 0 Å². The van der Waals surface area contributed by atoms with Crippen LogP contribution in [-0.2, 0) is 0 Å². The van der Waals surface area contributed by atoms with Crippen molar-refractivity contribution < 1.29 is 0 Å². The van der Waals surface area contributed by atoms with Gasteiger partial charge in [-0.05, 0) is 13.8 Å². The Morgan fingerprint density at radius 2 is 2.50 bits per heavy atom. The first-order valence-corrected chi connectivity index (χ1v) is 3.99. The second kappa shape index (κ2) is 3.90. The predicted octanol–water partition coefficient (Wildman–Crippen LogP) is 1.00. The van der Waals surface area contributed by atoms with Gasteiger partial charge in [0.15, 0.2) is 0 Å². The largest absolute Gasteiger partial charge is 0.348 e. The SMILES string of the molecule is CCN(C)/N=C/c1nc[nH]c1C. The molecule has 12 heavy (non-hydrogen) atoms. The van der Waals surface area contributed by atoms with Gasteiger partial charge in [-0.25, -0.2) is 4.98 Å². The van der Waals surface area contributed by atoms with Gasteiger partial charge in [-0.3, -0.25) is 0 Å². The minimum atomic E-state index is 0.898. The topological polar surface area (TPSA) is 44.3 Å². The van der Waals surface area contributed by atoms with Crippen LogP contribution in [0.15, 0.2) is 11.4 Å². The Balaban J connectivity index is 2.63. The number of imidazole rings is 1. The Hall–Kier alpha value is -1.32. The Labute approximate surface area is 72.3 Å². The zero-order chi connectivity index (χ0) is 8.97. The van der Waals surface area contributed by atoms with E-state index in [1.165, 1.54) is 0 Å². The van der Waals surface area contributed by atoms with E-state index in [1.807, 2.05) is 19.0 Å². The van der Waals surface area contributed by atoms with E-state index < -0.39 is 0 Å². The highest BCUT2D eigenvalue weighted by atomic mass is 15.4. The molecule has 0 atom stereocenters. The van der Waals surface area contributed by atoms with Gasteiger partial charge in [0, 0.05) is 19.3 Å². The first-order valence-electron chi connectivity index (χ1n) is 3.99. The van der Waals surface area contributed by atoms with Crippen LogP contribution < -0.4 is 0 Å². The van der Waals surface area contributed by atoms with Gasteiger partial charge in [0.05, 0.1) is 12.5 Å². The molecule has 0 aromatic carbocycles. The van der Waals surface area contributed by atoms with Crippen molar-refractivity contribution in [2.24, 2.45) is 5.10 Å². The van der Waals surface area contributed by atoms with Gasteiger partial charge < -0.3 is 9.99 Å². The van der Waals surface area contributed by atoms with E-state index in [4.69, 9.17) is 0 Å². The van der Waals surface area contributed by atoms with Gasteiger partial charge >= 0.3 is 0 Å². The van der Waals surface area contributed by atoms with Gasteiger partial charge in [0.1, 0.15) is 5.69 Å². The van der Waals surface area contributed by atoms with Crippen LogP contribution in [0.5, 0.6) is 0 Å². The fraction of sp³-hybridized carbons (Fsp3) is 0.500. The lowest BCUT2D eigenvalue weighted by atomic mass is 10.4. The average molecular weight is 166 g/mol. The molecule has 1 N–H and O–H groups in total. The third kappa shape index (κ3) is 2.08. The van der Waals surface area contributed by atoms with Crippen molar-refractivity contribution in [3.05, 3.63) is 17.7 Å². The van der Waals surface area contributed by atoms with Crippen molar-refractivity contribution in [2.75, 3.05) is 13.6 Å². The summed E-state index contributed by atoms with van der Waals surface area (Å²) in [5, 5.41) is 6.03. The number of hydrazone groups is 1. The molecule has 0 radical (unpaired) electrons. The van der Waals surface area contributed by atoms with Crippen LogP contribution in [0, 0.1) is 6.92 Å². The van der Waals surface area contributed by atoms with Gasteiger partial charge in [0.2, 0.25) is 0 Å². The first-order chi connectivity index (χ1) is 5.74. The Kier molecular flexibility index (Phi) is 2.85. The maximum Gasteiger partial charge on any atom is 0.104 e. The van der Waals surface area contributed by atoms with Crippen molar-refractivity contribution in [3.8, 4) is 0 Å². The van der Waals surface area contributed by atoms with Gasteiger partial charge in [0.25, 0.3) is 0 Å². The quantitative estimate of drug-likeness (QED) is 0.538. The van der Waals surface area contributed by atoms with Gasteiger partial charge in [-0.1, -0.05) is 0 Å². The molecule has 1 aromatic rings. The second-order valence-corrected chi connectivity index (χ2v) is 2.63. The van der Waals surface area contributed by atoms with Crippen molar-refractivity contribution in [3.63, 3.8) is 0 Å². The fourth-order valence-electron chi connectivity index (χ4n) is 0.734. The third-order valence-corrected chi connectivity index (χ3v) is 1.70. The summed E-state index contributed by atoms with van der Waals surface area (Å²) < 4.78 is 0. The number of nitrogens with zero attached hydrogens (tertiary/aromatic N) is 3. The van der Waals surface area contributed by atoms with Crippen molar-refractivity contribution >= 4 is 6.21 Å². The van der Waals surface area contributed by atoms with Gasteiger partial charge in [-0.15, -0.1) is 0 Å². The molecular weight excluding hydrogens is 152 g/mol. The number of rotatable bonds is 3. The second-order valence-electron chi connectivity index (χ2n) is 2.63. The van der Waals surface area contributed by atoms with Crippen molar-refractivity contribution in [1.82, 2.24) is 15.0 Å². The highest BCUT2D eigenvalue weighted by Crippen LogP contribution is 1.96. The summed E-state index contributed by atoms with van der Waals surface area (Å²) in [4.78, 5) is 7.08. The monoisotopic (exact) mass is 166 g/mol. The lowest BCUT2D eigenvalue weighted by Gasteiger charge is -2.06. The van der Waals surface area contributed by atoms with E-state index in [1.54, 1.807) is 12.5 Å². The average Bonchev–Trinajstić information content (AvgIpc) is 2.47. The number of H-pyrrole nitrogens is 1. The smallest absolute Gasteiger partial charge is 0.104 e. The zero-order valence-electron chi connectivity index (χ0n) is 7.70. The summed E-state index contributed by atoms with van der Waals surface area (Å²) in [7, 11) is 1.93. The Morgan fingerprint density at radius 1 is 1.75 bits per heavy atom. The van der Waals surface area contributed by atoms with E-state index in [0.717, 1.165) is 17.9 Å². The van der Waals surface area contributed by atoms with Crippen LogP contribution in [-0.4, -0.2) is 34.8 Å². The summed E-state index contributed by atoms with van der Waals surface area (Å²) in [5.74, 6) is 0. The number of aromatic nitrogens is 2. The standard InChI is InChI=1S/C8H14N4/c1-4-12(3)11-5-8-7(2)9-6-10-8/h5-6H,4H2,1-3H3,(H,9,10)/b11-5+. The lowest BCUT2D eigenvalue weighted by Crippen LogP contribution is -2.09. The van der Waals surface area contributed by atoms with E-state index in [-0.39, 0.29) is 0 Å². The molecule has 0 amide bonds. The lowest BCUT2D eigenvalue weighted by molar-refractivity contribution is 0.377. The fourth-order valence-corrected chi connectivity index (χ4v) is 0.734. The van der Waals surface area contributed by atoms with Crippen LogP contribution in [0.4, 0.5) is 0 Å². The molecule has 0 fully saturated rings. The number of aryl methyl sites for hydroxylation is 1. The normalized spacial score (nSPS) is 10.9. The van der Waals surface area contributed by atoms with E-state index in [0.29, 0.717) is 0 Å². The molecule has 0 saturated heterocycles. The molecule has 0 bridgehead atoms. The molecule has 4 heteroatoms. The summed E-state index contributed by atoms with van der Waals surface area (Å²) >= 11 is 0. The van der Waals surface area contributed by atoms with Gasteiger partial charge in [-0.2, -0.15) is 5.10 Å². The van der Waals surface area contributed by atoms with Crippen LogP contribution >= 0.6 is 0 Å². The maximum atomic E-state index is 4.17. The summed E-state index contributed by atoms with van der Waals surface area (Å²) in [5.41, 5.74) is 1.94. The summed E-state index contributed by atoms with van der Waals surface area (Å²) in [6.07, 6.45) is 3.43. The summed E-state index contributed by atoms with van der Waals surface area (Å²) in [6.45, 7) is 4.93. The molecular formula is C8H14N4.